The SMILES string of the molecule is COC(=O)C1=CN(CCc2ccccn2)C(C(C)C)C(=O)N1. The molecule has 1 amide bonds. The highest BCUT2D eigenvalue weighted by atomic mass is 16.5. The van der Waals surface area contributed by atoms with Crippen molar-refractivity contribution in [2.24, 2.45) is 5.92 Å². The molecule has 6 heteroatoms. The van der Waals surface area contributed by atoms with Gasteiger partial charge in [-0.25, -0.2) is 4.79 Å². The Kier molecular flexibility index (Phi) is 5.14. The van der Waals surface area contributed by atoms with Gasteiger partial charge in [0.15, 0.2) is 0 Å². The monoisotopic (exact) mass is 303 g/mol. The van der Waals surface area contributed by atoms with Crippen molar-refractivity contribution < 1.29 is 14.3 Å². The fourth-order valence-electron chi connectivity index (χ4n) is 2.53. The zero-order valence-corrected chi connectivity index (χ0v) is 13.1. The van der Waals surface area contributed by atoms with E-state index in [0.717, 1.165) is 5.69 Å². The number of pyridine rings is 1. The van der Waals surface area contributed by atoms with Gasteiger partial charge in [-0.2, -0.15) is 0 Å². The van der Waals surface area contributed by atoms with Gasteiger partial charge in [0.05, 0.1) is 7.11 Å². The number of carbonyl (C=O) groups is 2. The largest absolute Gasteiger partial charge is 0.464 e. The number of rotatable bonds is 5. The van der Waals surface area contributed by atoms with Crippen molar-refractivity contribution in [2.45, 2.75) is 26.3 Å². The van der Waals surface area contributed by atoms with Crippen LogP contribution in [0, 0.1) is 5.92 Å². The summed E-state index contributed by atoms with van der Waals surface area (Å²) in [4.78, 5) is 30.1. The van der Waals surface area contributed by atoms with E-state index < -0.39 is 5.97 Å². The minimum absolute atomic E-state index is 0.124. The molecule has 0 bridgehead atoms. The molecule has 1 N–H and O–H groups in total. The zero-order valence-electron chi connectivity index (χ0n) is 13.1. The van der Waals surface area contributed by atoms with Crippen molar-refractivity contribution >= 4 is 11.9 Å². The van der Waals surface area contributed by atoms with Crippen LogP contribution >= 0.6 is 0 Å². The first kappa shape index (κ1) is 16.0. The molecule has 1 aliphatic rings. The van der Waals surface area contributed by atoms with Crippen molar-refractivity contribution in [3.63, 3.8) is 0 Å². The van der Waals surface area contributed by atoms with Crippen LogP contribution in [0.1, 0.15) is 19.5 Å². The average molecular weight is 303 g/mol. The number of aromatic nitrogens is 1. The Morgan fingerprint density at radius 3 is 2.82 bits per heavy atom. The van der Waals surface area contributed by atoms with E-state index in [2.05, 4.69) is 15.0 Å². The maximum absolute atomic E-state index is 12.3. The average Bonchev–Trinajstić information content (AvgIpc) is 2.52. The summed E-state index contributed by atoms with van der Waals surface area (Å²) in [5, 5.41) is 2.62. The van der Waals surface area contributed by atoms with E-state index in [-0.39, 0.29) is 23.6 Å². The van der Waals surface area contributed by atoms with E-state index in [4.69, 9.17) is 0 Å². The van der Waals surface area contributed by atoms with Crippen LogP contribution < -0.4 is 5.32 Å². The molecule has 0 aromatic carbocycles. The van der Waals surface area contributed by atoms with E-state index in [9.17, 15) is 9.59 Å². The molecule has 0 aliphatic carbocycles. The van der Waals surface area contributed by atoms with Crippen LogP contribution in [0.2, 0.25) is 0 Å². The minimum Gasteiger partial charge on any atom is -0.464 e. The van der Waals surface area contributed by atoms with Crippen LogP contribution in [0.4, 0.5) is 0 Å². The summed E-state index contributed by atoms with van der Waals surface area (Å²) in [6.45, 7) is 4.57. The van der Waals surface area contributed by atoms with E-state index in [1.54, 1.807) is 12.4 Å². The third-order valence-corrected chi connectivity index (χ3v) is 3.57. The molecule has 0 radical (unpaired) electrons. The number of ether oxygens (including phenoxy) is 1. The summed E-state index contributed by atoms with van der Waals surface area (Å²) >= 11 is 0. The number of amides is 1. The van der Waals surface area contributed by atoms with Gasteiger partial charge in [-0.1, -0.05) is 19.9 Å². The first-order valence-electron chi connectivity index (χ1n) is 7.29. The quantitative estimate of drug-likeness (QED) is 0.825. The Balaban J connectivity index is 2.18. The standard InChI is InChI=1S/C16H21N3O3/c1-11(2)14-15(20)18-13(16(21)22-3)10-19(14)9-7-12-6-4-5-8-17-12/h4-6,8,10-11,14H,7,9H2,1-3H3,(H,18,20). The van der Waals surface area contributed by atoms with Gasteiger partial charge in [0, 0.05) is 31.1 Å². The number of nitrogens with zero attached hydrogens (tertiary/aromatic N) is 2. The van der Waals surface area contributed by atoms with E-state index in [1.807, 2.05) is 36.9 Å². The molecule has 22 heavy (non-hydrogen) atoms. The summed E-state index contributed by atoms with van der Waals surface area (Å²) in [5.74, 6) is -0.600. The third-order valence-electron chi connectivity index (χ3n) is 3.57. The summed E-state index contributed by atoms with van der Waals surface area (Å²) in [6.07, 6.45) is 4.11. The van der Waals surface area contributed by atoms with Gasteiger partial charge >= 0.3 is 5.97 Å². The van der Waals surface area contributed by atoms with Gasteiger partial charge in [-0.3, -0.25) is 9.78 Å². The summed E-state index contributed by atoms with van der Waals surface area (Å²) in [5.41, 5.74) is 1.12. The van der Waals surface area contributed by atoms with E-state index >= 15 is 0 Å². The highest BCUT2D eigenvalue weighted by Gasteiger charge is 2.33. The molecule has 1 aromatic heterocycles. The number of carbonyl (C=O) groups excluding carboxylic acids is 2. The van der Waals surface area contributed by atoms with Crippen LogP contribution in [0.15, 0.2) is 36.3 Å². The molecule has 1 atom stereocenters. The molecule has 1 aliphatic heterocycles. The van der Waals surface area contributed by atoms with Gasteiger partial charge in [0.2, 0.25) is 5.91 Å². The second kappa shape index (κ2) is 7.06. The van der Waals surface area contributed by atoms with Crippen molar-refractivity contribution in [3.05, 3.63) is 42.0 Å². The summed E-state index contributed by atoms with van der Waals surface area (Å²) < 4.78 is 4.68. The lowest BCUT2D eigenvalue weighted by Gasteiger charge is -2.36. The van der Waals surface area contributed by atoms with Gasteiger partial charge < -0.3 is 15.0 Å². The highest BCUT2D eigenvalue weighted by molar-refractivity contribution is 5.96. The van der Waals surface area contributed by atoms with Gasteiger partial charge in [-0.05, 0) is 18.1 Å². The maximum atomic E-state index is 12.3. The lowest BCUT2D eigenvalue weighted by Crippen LogP contribution is -2.53. The van der Waals surface area contributed by atoms with Crippen LogP contribution in [-0.2, 0) is 20.7 Å². The molecule has 0 spiro atoms. The van der Waals surface area contributed by atoms with Crippen molar-refractivity contribution in [2.75, 3.05) is 13.7 Å². The molecule has 1 aromatic rings. The second-order valence-corrected chi connectivity index (χ2v) is 5.52. The molecule has 6 nitrogen and oxygen atoms in total. The molecule has 0 saturated carbocycles. The fourth-order valence-corrected chi connectivity index (χ4v) is 2.53. The molecule has 2 rings (SSSR count). The molecule has 1 unspecified atom stereocenters. The lowest BCUT2D eigenvalue weighted by molar-refractivity contribution is -0.139. The van der Waals surface area contributed by atoms with Crippen molar-refractivity contribution in [1.82, 2.24) is 15.2 Å². The molecular weight excluding hydrogens is 282 g/mol. The molecule has 0 saturated heterocycles. The molecule has 0 fully saturated rings. The number of nitrogens with one attached hydrogen (secondary N) is 1. The minimum atomic E-state index is -0.543. The predicted molar refractivity (Wildman–Crippen MR) is 81.5 cm³/mol. The van der Waals surface area contributed by atoms with Crippen molar-refractivity contribution in [1.29, 1.82) is 0 Å². The first-order valence-corrected chi connectivity index (χ1v) is 7.29. The third kappa shape index (κ3) is 3.63. The Morgan fingerprint density at radius 2 is 2.23 bits per heavy atom. The van der Waals surface area contributed by atoms with Gasteiger partial charge in [0.1, 0.15) is 11.7 Å². The van der Waals surface area contributed by atoms with Crippen molar-refractivity contribution in [3.8, 4) is 0 Å². The predicted octanol–water partition coefficient (Wildman–Crippen LogP) is 1.09. The Bertz CT molecular complexity index is 569. The number of methoxy groups -OCH3 is 1. The normalized spacial score (nSPS) is 18.0. The maximum Gasteiger partial charge on any atom is 0.356 e. The molecule has 2 heterocycles. The number of hydrogen-bond donors (Lipinski definition) is 1. The van der Waals surface area contributed by atoms with Crippen LogP contribution in [0.5, 0.6) is 0 Å². The van der Waals surface area contributed by atoms with Gasteiger partial charge in [-0.15, -0.1) is 0 Å². The van der Waals surface area contributed by atoms with Crippen LogP contribution in [0.3, 0.4) is 0 Å². The molecular formula is C16H21N3O3. The van der Waals surface area contributed by atoms with Crippen LogP contribution in [0.25, 0.3) is 0 Å². The highest BCUT2D eigenvalue weighted by Crippen LogP contribution is 2.18. The Hall–Kier alpha value is -2.37. The van der Waals surface area contributed by atoms with Crippen LogP contribution in [-0.4, -0.2) is 41.5 Å². The smallest absolute Gasteiger partial charge is 0.356 e. The Morgan fingerprint density at radius 1 is 1.45 bits per heavy atom. The van der Waals surface area contributed by atoms with E-state index in [0.29, 0.717) is 13.0 Å². The summed E-state index contributed by atoms with van der Waals surface area (Å²) in [7, 11) is 1.29. The number of hydrogen-bond acceptors (Lipinski definition) is 5. The lowest BCUT2D eigenvalue weighted by atomic mass is 9.99. The van der Waals surface area contributed by atoms with Gasteiger partial charge in [0.25, 0.3) is 0 Å². The number of esters is 1. The summed E-state index contributed by atoms with van der Waals surface area (Å²) in [6, 6.07) is 5.43. The topological polar surface area (TPSA) is 71.5 Å². The fraction of sp³-hybridized carbons (Fsp3) is 0.438. The molecule has 118 valence electrons. The first-order chi connectivity index (χ1) is 10.5. The zero-order chi connectivity index (χ0) is 16.1. The van der Waals surface area contributed by atoms with E-state index in [1.165, 1.54) is 7.11 Å². The Labute approximate surface area is 130 Å². The second-order valence-electron chi connectivity index (χ2n) is 5.52.